The summed E-state index contributed by atoms with van der Waals surface area (Å²) in [4.78, 5) is 38.4. The number of furan rings is 1. The van der Waals surface area contributed by atoms with Crippen LogP contribution in [0.5, 0.6) is 0 Å². The number of nitriles is 1. The third-order valence-corrected chi connectivity index (χ3v) is 5.71. The summed E-state index contributed by atoms with van der Waals surface area (Å²) in [7, 11) is 0. The van der Waals surface area contributed by atoms with Crippen molar-refractivity contribution in [2.75, 3.05) is 31.1 Å². The van der Waals surface area contributed by atoms with E-state index in [1.807, 2.05) is 23.1 Å². The Balaban J connectivity index is 1.33. The lowest BCUT2D eigenvalue weighted by Crippen LogP contribution is -2.39. The maximum Gasteiger partial charge on any atom is 0.297 e. The van der Waals surface area contributed by atoms with E-state index in [9.17, 15) is 14.9 Å². The number of carbonyl (C=O) groups is 1. The summed E-state index contributed by atoms with van der Waals surface area (Å²) in [6.07, 6.45) is 3.81. The molecule has 1 aliphatic heterocycles. The van der Waals surface area contributed by atoms with Crippen molar-refractivity contribution in [3.05, 3.63) is 64.8 Å². The molecule has 1 amide bonds. The van der Waals surface area contributed by atoms with Crippen molar-refractivity contribution in [2.45, 2.75) is 13.0 Å². The van der Waals surface area contributed by atoms with Crippen LogP contribution in [0.15, 0.2) is 58.1 Å². The summed E-state index contributed by atoms with van der Waals surface area (Å²) in [6.45, 7) is 2.20. The summed E-state index contributed by atoms with van der Waals surface area (Å²) < 4.78 is 6.99. The molecular formula is C23H20N6O3. The number of nitrogens with zero attached hydrogens (tertiary/aromatic N) is 6. The molecule has 0 bridgehead atoms. The number of anilines is 1. The largest absolute Gasteiger partial charge is 0.448 e. The average molecular weight is 428 g/mol. The maximum atomic E-state index is 13.0. The number of pyridine rings is 1. The zero-order chi connectivity index (χ0) is 22.1. The molecule has 0 N–H and O–H groups in total. The highest BCUT2D eigenvalue weighted by Gasteiger charge is 2.22. The molecule has 0 unspecified atom stereocenters. The van der Waals surface area contributed by atoms with Crippen LogP contribution in [0.4, 0.5) is 5.82 Å². The zero-order valence-corrected chi connectivity index (χ0v) is 17.3. The number of amides is 1. The molecule has 4 heterocycles. The molecule has 160 valence electrons. The Labute approximate surface area is 183 Å². The first kappa shape index (κ1) is 19.8. The number of aromatic nitrogens is 3. The van der Waals surface area contributed by atoms with Gasteiger partial charge < -0.3 is 14.2 Å². The Bertz CT molecular complexity index is 1420. The fourth-order valence-electron chi connectivity index (χ4n) is 4.09. The van der Waals surface area contributed by atoms with Gasteiger partial charge in [0, 0.05) is 37.8 Å². The SMILES string of the molecule is N#Cc1cccnc1N1CCCN(C(=O)Cn2cnc3c(oc4ccccc43)c2=O)CC1. The number of carbonyl (C=O) groups excluding carboxylic acids is 1. The van der Waals surface area contributed by atoms with Crippen LogP contribution >= 0.6 is 0 Å². The molecule has 1 aliphatic rings. The lowest BCUT2D eigenvalue weighted by atomic mass is 10.2. The van der Waals surface area contributed by atoms with Gasteiger partial charge in [-0.25, -0.2) is 9.97 Å². The third kappa shape index (κ3) is 3.46. The number of fused-ring (bicyclic) bond motifs is 3. The summed E-state index contributed by atoms with van der Waals surface area (Å²) >= 11 is 0. The molecule has 0 saturated carbocycles. The maximum absolute atomic E-state index is 13.0. The predicted octanol–water partition coefficient (Wildman–Crippen LogP) is 2.15. The fraction of sp³-hybridized carbons (Fsp3) is 0.261. The molecule has 1 fully saturated rings. The first-order valence-electron chi connectivity index (χ1n) is 10.4. The fourth-order valence-corrected chi connectivity index (χ4v) is 4.09. The van der Waals surface area contributed by atoms with E-state index in [1.165, 1.54) is 10.9 Å². The van der Waals surface area contributed by atoms with Crippen LogP contribution in [0.25, 0.3) is 22.1 Å². The molecule has 9 nitrogen and oxygen atoms in total. The van der Waals surface area contributed by atoms with Crippen molar-refractivity contribution in [1.29, 1.82) is 5.26 Å². The van der Waals surface area contributed by atoms with Crippen LogP contribution in [0.3, 0.4) is 0 Å². The van der Waals surface area contributed by atoms with Crippen LogP contribution in [0, 0.1) is 11.3 Å². The molecular weight excluding hydrogens is 408 g/mol. The topological polar surface area (TPSA) is 108 Å². The van der Waals surface area contributed by atoms with E-state index >= 15 is 0 Å². The molecule has 4 aromatic rings. The summed E-state index contributed by atoms with van der Waals surface area (Å²) in [6, 6.07) is 13.0. The molecule has 0 atom stereocenters. The number of hydrogen-bond acceptors (Lipinski definition) is 7. The third-order valence-electron chi connectivity index (χ3n) is 5.71. The van der Waals surface area contributed by atoms with Gasteiger partial charge >= 0.3 is 0 Å². The first-order chi connectivity index (χ1) is 15.7. The minimum Gasteiger partial charge on any atom is -0.448 e. The van der Waals surface area contributed by atoms with Gasteiger partial charge in [-0.2, -0.15) is 5.26 Å². The Kier molecular flexibility index (Phi) is 5.03. The molecule has 32 heavy (non-hydrogen) atoms. The number of benzene rings is 1. The minimum absolute atomic E-state index is 0.105. The van der Waals surface area contributed by atoms with Crippen molar-refractivity contribution >= 4 is 33.8 Å². The average Bonchev–Trinajstić information content (AvgIpc) is 3.03. The Morgan fingerprint density at radius 1 is 1.09 bits per heavy atom. The molecule has 9 heteroatoms. The quantitative estimate of drug-likeness (QED) is 0.492. The molecule has 3 aromatic heterocycles. The number of hydrogen-bond donors (Lipinski definition) is 0. The lowest BCUT2D eigenvalue weighted by molar-refractivity contribution is -0.131. The van der Waals surface area contributed by atoms with Gasteiger partial charge in [0.25, 0.3) is 5.56 Å². The van der Waals surface area contributed by atoms with Gasteiger partial charge in [-0.1, -0.05) is 12.1 Å². The second-order valence-electron chi connectivity index (χ2n) is 7.66. The standard InChI is InChI=1S/C23H20N6O3/c24-13-16-5-3-8-25-22(16)28-10-4-9-27(11-12-28)19(30)14-29-15-26-20-17-6-1-2-7-18(17)32-21(20)23(29)31/h1-3,5-8,15H,4,9-12,14H2. The van der Waals surface area contributed by atoms with Gasteiger partial charge in [0.1, 0.15) is 29.5 Å². The molecule has 5 rings (SSSR count). The lowest BCUT2D eigenvalue weighted by Gasteiger charge is -2.23. The summed E-state index contributed by atoms with van der Waals surface area (Å²) in [5.41, 5.74) is 1.40. The second-order valence-corrected chi connectivity index (χ2v) is 7.66. The van der Waals surface area contributed by atoms with E-state index in [2.05, 4.69) is 16.0 Å². The smallest absolute Gasteiger partial charge is 0.297 e. The van der Waals surface area contributed by atoms with Crippen molar-refractivity contribution in [1.82, 2.24) is 19.4 Å². The highest BCUT2D eigenvalue weighted by Crippen LogP contribution is 2.24. The molecule has 1 saturated heterocycles. The van der Waals surface area contributed by atoms with Gasteiger partial charge in [0.15, 0.2) is 0 Å². The van der Waals surface area contributed by atoms with E-state index in [4.69, 9.17) is 4.42 Å². The Hall–Kier alpha value is -4.19. The molecule has 0 spiro atoms. The normalized spacial score (nSPS) is 14.5. The highest BCUT2D eigenvalue weighted by molar-refractivity contribution is 6.01. The van der Waals surface area contributed by atoms with Crippen LogP contribution in [0.1, 0.15) is 12.0 Å². The molecule has 1 aromatic carbocycles. The van der Waals surface area contributed by atoms with Crippen LogP contribution in [-0.2, 0) is 11.3 Å². The molecule has 0 aliphatic carbocycles. The first-order valence-corrected chi connectivity index (χ1v) is 10.4. The summed E-state index contributed by atoms with van der Waals surface area (Å²) in [5, 5.41) is 10.1. The Morgan fingerprint density at radius 3 is 2.84 bits per heavy atom. The van der Waals surface area contributed by atoms with Crippen molar-refractivity contribution in [2.24, 2.45) is 0 Å². The van der Waals surface area contributed by atoms with Gasteiger partial charge in [-0.05, 0) is 30.7 Å². The van der Waals surface area contributed by atoms with E-state index in [0.717, 1.165) is 11.8 Å². The summed E-state index contributed by atoms with van der Waals surface area (Å²) in [5.74, 6) is 0.479. The van der Waals surface area contributed by atoms with Gasteiger partial charge in [0.05, 0.1) is 11.9 Å². The van der Waals surface area contributed by atoms with E-state index < -0.39 is 0 Å². The van der Waals surface area contributed by atoms with E-state index in [1.54, 1.807) is 29.3 Å². The van der Waals surface area contributed by atoms with Gasteiger partial charge in [-0.15, -0.1) is 0 Å². The Morgan fingerprint density at radius 2 is 1.97 bits per heavy atom. The zero-order valence-electron chi connectivity index (χ0n) is 17.3. The minimum atomic E-state index is -0.372. The van der Waals surface area contributed by atoms with Crippen LogP contribution in [-0.4, -0.2) is 51.5 Å². The van der Waals surface area contributed by atoms with Crippen molar-refractivity contribution in [3.8, 4) is 6.07 Å². The number of rotatable bonds is 3. The van der Waals surface area contributed by atoms with Crippen molar-refractivity contribution < 1.29 is 9.21 Å². The van der Waals surface area contributed by atoms with Gasteiger partial charge in [-0.3, -0.25) is 14.2 Å². The number of para-hydroxylation sites is 1. The molecule has 0 radical (unpaired) electrons. The monoisotopic (exact) mass is 428 g/mol. The predicted molar refractivity (Wildman–Crippen MR) is 118 cm³/mol. The van der Waals surface area contributed by atoms with Crippen LogP contribution < -0.4 is 10.5 Å². The van der Waals surface area contributed by atoms with Crippen molar-refractivity contribution in [3.63, 3.8) is 0 Å². The second kappa shape index (κ2) is 8.15. The van der Waals surface area contributed by atoms with E-state index in [0.29, 0.717) is 48.7 Å². The van der Waals surface area contributed by atoms with Gasteiger partial charge in [0.2, 0.25) is 11.5 Å². The van der Waals surface area contributed by atoms with E-state index in [-0.39, 0.29) is 23.6 Å². The van der Waals surface area contributed by atoms with Crippen LogP contribution in [0.2, 0.25) is 0 Å². The highest BCUT2D eigenvalue weighted by atomic mass is 16.3.